The summed E-state index contributed by atoms with van der Waals surface area (Å²) in [4.78, 5) is 15.2. The van der Waals surface area contributed by atoms with Crippen molar-refractivity contribution in [2.45, 2.75) is 63.4 Å². The molecule has 1 aromatic rings. The van der Waals surface area contributed by atoms with Gasteiger partial charge in [0.1, 0.15) is 0 Å². The van der Waals surface area contributed by atoms with Crippen molar-refractivity contribution in [2.24, 2.45) is 5.92 Å². The molecule has 1 unspecified atom stereocenters. The Morgan fingerprint density at radius 3 is 2.34 bits per heavy atom. The van der Waals surface area contributed by atoms with E-state index in [0.29, 0.717) is 49.9 Å². The summed E-state index contributed by atoms with van der Waals surface area (Å²) < 4.78 is 33.2. The number of nitrogens with zero attached hydrogens (tertiary/aromatic N) is 2. The predicted octanol–water partition coefficient (Wildman–Crippen LogP) is 3.24. The minimum absolute atomic E-state index is 0.0925. The first-order valence-corrected chi connectivity index (χ1v) is 12.3. The van der Waals surface area contributed by atoms with Crippen molar-refractivity contribution in [3.63, 3.8) is 0 Å². The number of amides is 1. The van der Waals surface area contributed by atoms with Crippen LogP contribution in [0.5, 0.6) is 0 Å². The third kappa shape index (κ3) is 5.19. The molecule has 6 nitrogen and oxygen atoms in total. The van der Waals surface area contributed by atoms with Crippen LogP contribution >= 0.6 is 0 Å². The van der Waals surface area contributed by atoms with E-state index in [2.05, 4.69) is 13.8 Å². The van der Waals surface area contributed by atoms with Gasteiger partial charge < -0.3 is 9.64 Å². The van der Waals surface area contributed by atoms with E-state index in [1.54, 1.807) is 12.1 Å². The highest BCUT2D eigenvalue weighted by Gasteiger charge is 2.35. The van der Waals surface area contributed by atoms with E-state index < -0.39 is 10.0 Å². The van der Waals surface area contributed by atoms with E-state index in [1.807, 2.05) is 24.0 Å². The van der Waals surface area contributed by atoms with Crippen LogP contribution in [-0.4, -0.2) is 62.4 Å². The van der Waals surface area contributed by atoms with Gasteiger partial charge in [0.05, 0.1) is 11.0 Å². The molecule has 0 saturated carbocycles. The average molecular weight is 423 g/mol. The van der Waals surface area contributed by atoms with Gasteiger partial charge in [-0.25, -0.2) is 8.42 Å². The minimum Gasteiger partial charge on any atom is -0.377 e. The number of ether oxygens (including phenoxy) is 1. The molecule has 0 aromatic heterocycles. The number of piperidine rings is 2. The van der Waals surface area contributed by atoms with Gasteiger partial charge >= 0.3 is 0 Å². The highest BCUT2D eigenvalue weighted by molar-refractivity contribution is 7.89. The van der Waals surface area contributed by atoms with Crippen molar-refractivity contribution < 1.29 is 17.9 Å². The Hall–Kier alpha value is -1.44. The van der Waals surface area contributed by atoms with Gasteiger partial charge in [0.25, 0.3) is 0 Å². The molecule has 1 atom stereocenters. The summed E-state index contributed by atoms with van der Waals surface area (Å²) in [5.74, 6) is 0.434. The SMILES string of the molecule is CCOC1CCCN(C(=O)C2CCN(S(=O)(=O)c3ccc(C(C)C)cc3)CC2)C1. The fourth-order valence-corrected chi connectivity index (χ4v) is 5.75. The molecule has 0 N–H and O–H groups in total. The number of rotatable bonds is 6. The first kappa shape index (κ1) is 22.2. The molecule has 1 amide bonds. The monoisotopic (exact) mass is 422 g/mol. The second kappa shape index (κ2) is 9.58. The Morgan fingerprint density at radius 2 is 1.76 bits per heavy atom. The zero-order valence-corrected chi connectivity index (χ0v) is 18.7. The van der Waals surface area contributed by atoms with Gasteiger partial charge in [-0.15, -0.1) is 0 Å². The zero-order chi connectivity index (χ0) is 21.0. The maximum absolute atomic E-state index is 13.0. The molecule has 3 rings (SSSR count). The lowest BCUT2D eigenvalue weighted by Gasteiger charge is -2.37. The average Bonchev–Trinajstić information content (AvgIpc) is 2.74. The fraction of sp³-hybridized carbons (Fsp3) is 0.682. The maximum Gasteiger partial charge on any atom is 0.243 e. The van der Waals surface area contributed by atoms with Gasteiger partial charge in [0.2, 0.25) is 15.9 Å². The summed E-state index contributed by atoms with van der Waals surface area (Å²) >= 11 is 0. The van der Waals surface area contributed by atoms with Crippen LogP contribution in [0.15, 0.2) is 29.2 Å². The quantitative estimate of drug-likeness (QED) is 0.706. The molecule has 2 aliphatic rings. The number of benzene rings is 1. The summed E-state index contributed by atoms with van der Waals surface area (Å²) in [6, 6.07) is 7.17. The zero-order valence-electron chi connectivity index (χ0n) is 17.8. The standard InChI is InChI=1S/C22H34N2O4S/c1-4-28-20-6-5-13-23(16-20)22(25)19-11-14-24(15-12-19)29(26,27)21-9-7-18(8-10-21)17(2)3/h7-10,17,19-20H,4-6,11-16H2,1-3H3. The van der Waals surface area contributed by atoms with Gasteiger partial charge in [-0.1, -0.05) is 26.0 Å². The number of sulfonamides is 1. The Kier molecular flexibility index (Phi) is 7.35. The highest BCUT2D eigenvalue weighted by Crippen LogP contribution is 2.27. The molecule has 2 heterocycles. The lowest BCUT2D eigenvalue weighted by Crippen LogP contribution is -2.48. The van der Waals surface area contributed by atoms with Gasteiger partial charge in [0, 0.05) is 38.7 Å². The van der Waals surface area contributed by atoms with Crippen LogP contribution in [-0.2, 0) is 19.6 Å². The Morgan fingerprint density at radius 1 is 1.10 bits per heavy atom. The van der Waals surface area contributed by atoms with Gasteiger partial charge in [0.15, 0.2) is 0 Å². The molecule has 2 fully saturated rings. The van der Waals surface area contributed by atoms with E-state index in [0.717, 1.165) is 24.9 Å². The molecule has 1 aromatic carbocycles. The van der Waals surface area contributed by atoms with E-state index in [-0.39, 0.29) is 17.9 Å². The molecule has 7 heteroatoms. The predicted molar refractivity (Wildman–Crippen MR) is 113 cm³/mol. The van der Waals surface area contributed by atoms with Crippen molar-refractivity contribution in [3.05, 3.63) is 29.8 Å². The Labute approximate surface area is 175 Å². The van der Waals surface area contributed by atoms with Crippen LogP contribution in [0.25, 0.3) is 0 Å². The molecular weight excluding hydrogens is 388 g/mol. The maximum atomic E-state index is 13.0. The van der Waals surface area contributed by atoms with Gasteiger partial charge in [-0.05, 0) is 56.2 Å². The van der Waals surface area contributed by atoms with Crippen LogP contribution in [0.1, 0.15) is 57.9 Å². The fourth-order valence-electron chi connectivity index (χ4n) is 4.29. The first-order chi connectivity index (χ1) is 13.8. The van der Waals surface area contributed by atoms with Crippen molar-refractivity contribution >= 4 is 15.9 Å². The summed E-state index contributed by atoms with van der Waals surface area (Å²) in [6.45, 7) is 9.06. The summed E-state index contributed by atoms with van der Waals surface area (Å²) in [6.07, 6.45) is 3.27. The lowest BCUT2D eigenvalue weighted by atomic mass is 9.95. The lowest BCUT2D eigenvalue weighted by molar-refractivity contribution is -0.140. The third-order valence-corrected chi connectivity index (χ3v) is 7.99. The molecule has 0 spiro atoms. The molecule has 29 heavy (non-hydrogen) atoms. The number of hydrogen-bond donors (Lipinski definition) is 0. The van der Waals surface area contributed by atoms with Crippen LogP contribution in [0.3, 0.4) is 0 Å². The van der Waals surface area contributed by atoms with Gasteiger partial charge in [-0.2, -0.15) is 4.31 Å². The van der Waals surface area contributed by atoms with Crippen LogP contribution in [0.4, 0.5) is 0 Å². The Balaban J connectivity index is 1.58. The Bertz CT molecular complexity index is 782. The van der Waals surface area contributed by atoms with E-state index >= 15 is 0 Å². The molecule has 0 aliphatic carbocycles. The summed E-state index contributed by atoms with van der Waals surface area (Å²) in [5, 5.41) is 0. The van der Waals surface area contributed by atoms with Gasteiger partial charge in [-0.3, -0.25) is 4.79 Å². The minimum atomic E-state index is -3.51. The molecule has 2 aliphatic heterocycles. The number of likely N-dealkylation sites (tertiary alicyclic amines) is 1. The highest BCUT2D eigenvalue weighted by atomic mass is 32.2. The number of hydrogen-bond acceptors (Lipinski definition) is 4. The summed E-state index contributed by atoms with van der Waals surface area (Å²) in [5.41, 5.74) is 1.13. The molecule has 162 valence electrons. The second-order valence-corrected chi connectivity index (χ2v) is 10.3. The molecule has 0 radical (unpaired) electrons. The second-order valence-electron chi connectivity index (χ2n) is 8.41. The van der Waals surface area contributed by atoms with E-state index in [1.165, 1.54) is 4.31 Å². The smallest absolute Gasteiger partial charge is 0.243 e. The normalized spacial score (nSPS) is 22.2. The molecular formula is C22H34N2O4S. The van der Waals surface area contributed by atoms with Crippen molar-refractivity contribution in [1.29, 1.82) is 0 Å². The molecule has 2 saturated heterocycles. The van der Waals surface area contributed by atoms with Crippen LogP contribution in [0, 0.1) is 5.92 Å². The topological polar surface area (TPSA) is 66.9 Å². The number of carbonyl (C=O) groups excluding carboxylic acids is 1. The van der Waals surface area contributed by atoms with E-state index in [4.69, 9.17) is 4.74 Å². The molecule has 0 bridgehead atoms. The first-order valence-electron chi connectivity index (χ1n) is 10.8. The van der Waals surface area contributed by atoms with E-state index in [9.17, 15) is 13.2 Å². The van der Waals surface area contributed by atoms with Crippen LogP contribution < -0.4 is 0 Å². The van der Waals surface area contributed by atoms with Crippen molar-refractivity contribution in [3.8, 4) is 0 Å². The number of carbonyl (C=O) groups is 1. The summed E-state index contributed by atoms with van der Waals surface area (Å²) in [7, 11) is -3.51. The van der Waals surface area contributed by atoms with Crippen LogP contribution in [0.2, 0.25) is 0 Å². The van der Waals surface area contributed by atoms with Crippen molar-refractivity contribution in [1.82, 2.24) is 9.21 Å². The van der Waals surface area contributed by atoms with Crippen molar-refractivity contribution in [2.75, 3.05) is 32.8 Å². The third-order valence-electron chi connectivity index (χ3n) is 6.08. The largest absolute Gasteiger partial charge is 0.377 e.